The number of hydrogen-bond acceptors (Lipinski definition) is 4. The van der Waals surface area contributed by atoms with Crippen molar-refractivity contribution in [1.82, 2.24) is 14.1 Å². The van der Waals surface area contributed by atoms with Crippen LogP contribution in [0.15, 0.2) is 88.5 Å². The van der Waals surface area contributed by atoms with E-state index in [-0.39, 0.29) is 22.4 Å². The van der Waals surface area contributed by atoms with E-state index in [1.807, 2.05) is 85.3 Å². The summed E-state index contributed by atoms with van der Waals surface area (Å²) < 4.78 is 8.73. The van der Waals surface area contributed by atoms with Gasteiger partial charge in [0.2, 0.25) is 5.43 Å². The number of hydrogen-bond donors (Lipinski definition) is 0. The Bertz CT molecular complexity index is 1600. The van der Waals surface area contributed by atoms with E-state index in [1.54, 1.807) is 23.8 Å². The highest BCUT2D eigenvalue weighted by atomic mass is 16.5. The number of rotatable bonds is 4. The van der Waals surface area contributed by atoms with E-state index in [1.165, 1.54) is 0 Å². The molecule has 0 aliphatic rings. The van der Waals surface area contributed by atoms with Crippen LogP contribution in [0.25, 0.3) is 33.3 Å². The molecule has 0 aliphatic carbocycles. The Morgan fingerprint density at radius 2 is 1.55 bits per heavy atom. The summed E-state index contributed by atoms with van der Waals surface area (Å²) in [4.78, 5) is 32.3. The highest BCUT2D eigenvalue weighted by molar-refractivity contribution is 5.92. The molecule has 0 radical (unpaired) electrons. The molecule has 0 spiro atoms. The molecule has 1 atom stereocenters. The summed E-state index contributed by atoms with van der Waals surface area (Å²) in [5.74, 6) is 1.21. The number of nitrogens with zero attached hydrogens (tertiary/aromatic N) is 3. The molecule has 0 N–H and O–H groups in total. The van der Waals surface area contributed by atoms with Gasteiger partial charge < -0.3 is 9.30 Å². The van der Waals surface area contributed by atoms with Crippen molar-refractivity contribution in [2.75, 3.05) is 7.11 Å². The fourth-order valence-electron chi connectivity index (χ4n) is 4.35. The maximum atomic E-state index is 14.0. The molecular formula is C27H23N3O3. The number of pyridine rings is 1. The van der Waals surface area contributed by atoms with E-state index in [9.17, 15) is 9.59 Å². The van der Waals surface area contributed by atoms with Crippen molar-refractivity contribution in [3.05, 3.63) is 105 Å². The van der Waals surface area contributed by atoms with Crippen molar-refractivity contribution >= 4 is 21.9 Å². The Hall–Kier alpha value is -4.19. The van der Waals surface area contributed by atoms with Crippen LogP contribution >= 0.6 is 0 Å². The summed E-state index contributed by atoms with van der Waals surface area (Å²) in [7, 11) is 3.44. The SMILES string of the molecule is COc1ccc(-c2nc3c(c(=O)c4ccccc4n3C)c(=O)n2C(C)c2ccccc2)cc1. The standard InChI is InChI=1S/C27H23N3O3/c1-17(18-9-5-4-6-10-18)30-25(19-13-15-20(33-3)16-14-19)28-26-23(27(30)32)24(31)21-11-7-8-12-22(21)29(26)2/h4-17H,1-3H3. The molecule has 0 aliphatic heterocycles. The van der Waals surface area contributed by atoms with Gasteiger partial charge >= 0.3 is 0 Å². The van der Waals surface area contributed by atoms with Gasteiger partial charge in [0.15, 0.2) is 5.65 Å². The average molecular weight is 437 g/mol. The average Bonchev–Trinajstić information content (AvgIpc) is 2.87. The first-order chi connectivity index (χ1) is 16.0. The first-order valence-corrected chi connectivity index (χ1v) is 10.7. The first-order valence-electron chi connectivity index (χ1n) is 10.7. The third-order valence-electron chi connectivity index (χ3n) is 6.17. The highest BCUT2D eigenvalue weighted by Crippen LogP contribution is 2.27. The minimum atomic E-state index is -0.353. The minimum Gasteiger partial charge on any atom is -0.497 e. The van der Waals surface area contributed by atoms with Gasteiger partial charge in [-0.3, -0.25) is 14.2 Å². The van der Waals surface area contributed by atoms with Crippen LogP contribution in [0.3, 0.4) is 0 Å². The molecule has 6 heteroatoms. The summed E-state index contributed by atoms with van der Waals surface area (Å²) >= 11 is 0. The molecule has 0 fully saturated rings. The Labute approximate surface area is 190 Å². The first kappa shape index (κ1) is 20.7. The van der Waals surface area contributed by atoms with E-state index < -0.39 is 0 Å². The van der Waals surface area contributed by atoms with Crippen molar-refractivity contribution < 1.29 is 4.74 Å². The van der Waals surface area contributed by atoms with Gasteiger partial charge in [-0.05, 0) is 48.9 Å². The van der Waals surface area contributed by atoms with Crippen LogP contribution in [0.1, 0.15) is 18.5 Å². The number of fused-ring (bicyclic) bond motifs is 2. The van der Waals surface area contributed by atoms with Gasteiger partial charge in [0.25, 0.3) is 5.56 Å². The lowest BCUT2D eigenvalue weighted by molar-refractivity contribution is 0.415. The summed E-state index contributed by atoms with van der Waals surface area (Å²) in [5, 5.41) is 0.596. The van der Waals surface area contributed by atoms with Gasteiger partial charge in [0.1, 0.15) is 17.0 Å². The van der Waals surface area contributed by atoms with Crippen molar-refractivity contribution in [3.8, 4) is 17.1 Å². The predicted molar refractivity (Wildman–Crippen MR) is 131 cm³/mol. The van der Waals surface area contributed by atoms with Crippen molar-refractivity contribution in [2.45, 2.75) is 13.0 Å². The molecule has 0 saturated carbocycles. The van der Waals surface area contributed by atoms with E-state index in [4.69, 9.17) is 9.72 Å². The molecule has 2 aromatic heterocycles. The number of para-hydroxylation sites is 1. The van der Waals surface area contributed by atoms with E-state index >= 15 is 0 Å². The lowest BCUT2D eigenvalue weighted by atomic mass is 10.1. The molecular weight excluding hydrogens is 414 g/mol. The Morgan fingerprint density at radius 3 is 2.24 bits per heavy atom. The lowest BCUT2D eigenvalue weighted by Crippen LogP contribution is -2.31. The van der Waals surface area contributed by atoms with Crippen LogP contribution in [-0.4, -0.2) is 21.2 Å². The molecule has 5 rings (SSSR count). The molecule has 6 nitrogen and oxygen atoms in total. The van der Waals surface area contributed by atoms with Crippen LogP contribution in [0.4, 0.5) is 0 Å². The second kappa shape index (κ2) is 8.06. The molecule has 2 heterocycles. The Kier molecular flexibility index (Phi) is 5.05. The highest BCUT2D eigenvalue weighted by Gasteiger charge is 2.22. The summed E-state index contributed by atoms with van der Waals surface area (Å²) in [6.07, 6.45) is 0. The Morgan fingerprint density at radius 1 is 0.879 bits per heavy atom. The van der Waals surface area contributed by atoms with Gasteiger partial charge in [-0.25, -0.2) is 4.98 Å². The van der Waals surface area contributed by atoms with Crippen LogP contribution in [0.2, 0.25) is 0 Å². The molecule has 0 bridgehead atoms. The van der Waals surface area contributed by atoms with Crippen molar-refractivity contribution in [2.24, 2.45) is 7.05 Å². The molecule has 0 amide bonds. The monoisotopic (exact) mass is 437 g/mol. The Balaban J connectivity index is 1.92. The number of aryl methyl sites for hydroxylation is 1. The molecule has 33 heavy (non-hydrogen) atoms. The van der Waals surface area contributed by atoms with Gasteiger partial charge in [0, 0.05) is 18.0 Å². The van der Waals surface area contributed by atoms with Crippen molar-refractivity contribution in [1.29, 1.82) is 0 Å². The molecule has 164 valence electrons. The van der Waals surface area contributed by atoms with Crippen LogP contribution < -0.4 is 15.7 Å². The number of methoxy groups -OCH3 is 1. The lowest BCUT2D eigenvalue weighted by Gasteiger charge is -2.21. The fourth-order valence-corrected chi connectivity index (χ4v) is 4.35. The van der Waals surface area contributed by atoms with Crippen molar-refractivity contribution in [3.63, 3.8) is 0 Å². The smallest absolute Gasteiger partial charge is 0.267 e. The minimum absolute atomic E-state index is 0.0937. The number of ether oxygens (including phenoxy) is 1. The van der Waals surface area contributed by atoms with Crippen LogP contribution in [0.5, 0.6) is 5.75 Å². The van der Waals surface area contributed by atoms with E-state index in [2.05, 4.69) is 0 Å². The van der Waals surface area contributed by atoms with Gasteiger partial charge in [0.05, 0.1) is 18.7 Å². The number of aromatic nitrogens is 3. The second-order valence-electron chi connectivity index (χ2n) is 8.03. The zero-order valence-corrected chi connectivity index (χ0v) is 18.6. The third-order valence-corrected chi connectivity index (χ3v) is 6.17. The van der Waals surface area contributed by atoms with Gasteiger partial charge in [-0.2, -0.15) is 0 Å². The zero-order valence-electron chi connectivity index (χ0n) is 18.6. The zero-order chi connectivity index (χ0) is 23.1. The normalized spacial score (nSPS) is 12.2. The van der Waals surface area contributed by atoms with Crippen LogP contribution in [-0.2, 0) is 7.05 Å². The molecule has 0 saturated heterocycles. The summed E-state index contributed by atoms with van der Waals surface area (Å²) in [6, 6.07) is 24.1. The topological polar surface area (TPSA) is 66.1 Å². The second-order valence-corrected chi connectivity index (χ2v) is 8.03. The quantitative estimate of drug-likeness (QED) is 0.388. The molecule has 1 unspecified atom stereocenters. The summed E-state index contributed by atoms with van der Waals surface area (Å²) in [6.45, 7) is 1.95. The van der Waals surface area contributed by atoms with Gasteiger partial charge in [-0.1, -0.05) is 42.5 Å². The largest absolute Gasteiger partial charge is 0.497 e. The summed E-state index contributed by atoms with van der Waals surface area (Å²) in [5.41, 5.74) is 2.16. The van der Waals surface area contributed by atoms with E-state index in [0.29, 0.717) is 22.6 Å². The molecule has 5 aromatic rings. The fraction of sp³-hybridized carbons (Fsp3) is 0.148. The molecule has 3 aromatic carbocycles. The third kappa shape index (κ3) is 3.31. The number of benzene rings is 3. The maximum absolute atomic E-state index is 14.0. The maximum Gasteiger partial charge on any atom is 0.267 e. The van der Waals surface area contributed by atoms with Gasteiger partial charge in [-0.15, -0.1) is 0 Å². The predicted octanol–water partition coefficient (Wildman–Crippen LogP) is 4.53. The van der Waals surface area contributed by atoms with Crippen LogP contribution in [0, 0.1) is 0 Å². The van der Waals surface area contributed by atoms with E-state index in [0.717, 1.165) is 16.6 Å².